The van der Waals surface area contributed by atoms with Crippen molar-refractivity contribution < 1.29 is 4.21 Å². The highest BCUT2D eigenvalue weighted by molar-refractivity contribution is 7.85. The Balaban J connectivity index is 2.08. The molecular formula is C11H17NOS2. The second-order valence-corrected chi connectivity index (χ2v) is 7.08. The van der Waals surface area contributed by atoms with Crippen molar-refractivity contribution in [1.29, 1.82) is 0 Å². The van der Waals surface area contributed by atoms with Gasteiger partial charge in [-0.25, -0.2) is 0 Å². The van der Waals surface area contributed by atoms with Crippen LogP contribution in [0.15, 0.2) is 12.1 Å². The minimum atomic E-state index is -0.664. The van der Waals surface area contributed by atoms with Gasteiger partial charge < -0.3 is 5.32 Å². The van der Waals surface area contributed by atoms with Gasteiger partial charge in [-0.05, 0) is 25.5 Å². The molecule has 1 aromatic heterocycles. The van der Waals surface area contributed by atoms with E-state index in [9.17, 15) is 4.21 Å². The lowest BCUT2D eigenvalue weighted by molar-refractivity contribution is 0.546. The molecule has 1 aliphatic heterocycles. The lowest BCUT2D eigenvalue weighted by atomic mass is 10.2. The molecule has 0 aliphatic carbocycles. The van der Waals surface area contributed by atoms with Crippen molar-refractivity contribution in [2.75, 3.05) is 12.3 Å². The minimum Gasteiger partial charge on any atom is -0.307 e. The fourth-order valence-electron chi connectivity index (χ4n) is 1.74. The van der Waals surface area contributed by atoms with Gasteiger partial charge in [0.15, 0.2) is 0 Å². The number of hydrogen-bond acceptors (Lipinski definition) is 3. The summed E-state index contributed by atoms with van der Waals surface area (Å²) in [6, 6.07) is 4.67. The molecule has 3 unspecified atom stereocenters. The van der Waals surface area contributed by atoms with Crippen molar-refractivity contribution in [3.8, 4) is 0 Å². The van der Waals surface area contributed by atoms with Crippen LogP contribution in [0.4, 0.5) is 0 Å². The number of rotatable bonds is 2. The molecule has 0 amide bonds. The van der Waals surface area contributed by atoms with E-state index in [1.54, 1.807) is 0 Å². The first kappa shape index (κ1) is 11.3. The highest BCUT2D eigenvalue weighted by Crippen LogP contribution is 2.26. The normalized spacial score (nSPS) is 31.7. The molecule has 0 bridgehead atoms. The summed E-state index contributed by atoms with van der Waals surface area (Å²) >= 11 is 1.85. The molecule has 1 N–H and O–H groups in total. The molecule has 2 nitrogen and oxygen atoms in total. The molecule has 1 fully saturated rings. The van der Waals surface area contributed by atoms with Crippen LogP contribution in [0.5, 0.6) is 0 Å². The Morgan fingerprint density at radius 3 is 3.00 bits per heavy atom. The third-order valence-electron chi connectivity index (χ3n) is 2.81. The fraction of sp³-hybridized carbons (Fsp3) is 0.636. The SMILES string of the molecule is CCc1ccc(C2CS(=O)C(C)CN2)s1. The van der Waals surface area contributed by atoms with E-state index < -0.39 is 10.8 Å². The van der Waals surface area contributed by atoms with Crippen molar-refractivity contribution in [2.45, 2.75) is 31.6 Å². The van der Waals surface area contributed by atoms with E-state index in [1.165, 1.54) is 9.75 Å². The van der Waals surface area contributed by atoms with Gasteiger partial charge in [-0.15, -0.1) is 11.3 Å². The quantitative estimate of drug-likeness (QED) is 0.862. The van der Waals surface area contributed by atoms with Gasteiger partial charge in [0.25, 0.3) is 0 Å². The summed E-state index contributed by atoms with van der Waals surface area (Å²) in [5.74, 6) is 0.769. The molecule has 0 saturated carbocycles. The van der Waals surface area contributed by atoms with Crippen molar-refractivity contribution in [2.24, 2.45) is 0 Å². The molecule has 1 aliphatic rings. The van der Waals surface area contributed by atoms with Gasteiger partial charge in [0.2, 0.25) is 0 Å². The summed E-state index contributed by atoms with van der Waals surface area (Å²) < 4.78 is 11.7. The van der Waals surface area contributed by atoms with Crippen molar-refractivity contribution in [3.05, 3.63) is 21.9 Å². The van der Waals surface area contributed by atoms with E-state index in [-0.39, 0.29) is 0 Å². The van der Waals surface area contributed by atoms with Crippen LogP contribution in [0.25, 0.3) is 0 Å². The third kappa shape index (κ3) is 2.49. The number of aryl methyl sites for hydroxylation is 1. The Hall–Kier alpha value is -0.190. The van der Waals surface area contributed by atoms with E-state index in [2.05, 4.69) is 24.4 Å². The van der Waals surface area contributed by atoms with Crippen LogP contribution in [-0.4, -0.2) is 21.8 Å². The van der Waals surface area contributed by atoms with Crippen molar-refractivity contribution in [1.82, 2.24) is 5.32 Å². The summed E-state index contributed by atoms with van der Waals surface area (Å²) in [6.07, 6.45) is 1.09. The summed E-state index contributed by atoms with van der Waals surface area (Å²) in [5, 5.41) is 3.77. The lowest BCUT2D eigenvalue weighted by Crippen LogP contribution is -2.41. The first-order valence-electron chi connectivity index (χ1n) is 5.40. The largest absolute Gasteiger partial charge is 0.307 e. The van der Waals surface area contributed by atoms with Crippen molar-refractivity contribution in [3.63, 3.8) is 0 Å². The molecule has 0 spiro atoms. The topological polar surface area (TPSA) is 29.1 Å². The Kier molecular flexibility index (Phi) is 3.59. The number of nitrogens with one attached hydrogen (secondary N) is 1. The highest BCUT2D eigenvalue weighted by atomic mass is 32.2. The minimum absolute atomic E-state index is 0.298. The van der Waals surface area contributed by atoms with Crippen molar-refractivity contribution >= 4 is 22.1 Å². The molecule has 84 valence electrons. The summed E-state index contributed by atoms with van der Waals surface area (Å²) in [6.45, 7) is 5.09. The number of thiophene rings is 1. The molecule has 0 aromatic carbocycles. The van der Waals surface area contributed by atoms with E-state index in [1.807, 2.05) is 18.3 Å². The first-order chi connectivity index (χ1) is 7.20. The molecule has 1 aromatic rings. The fourth-order valence-corrected chi connectivity index (χ4v) is 4.11. The van der Waals surface area contributed by atoms with Crippen LogP contribution in [-0.2, 0) is 17.2 Å². The molecule has 4 heteroatoms. The zero-order chi connectivity index (χ0) is 10.8. The molecular weight excluding hydrogens is 226 g/mol. The average Bonchev–Trinajstić information content (AvgIpc) is 2.70. The van der Waals surface area contributed by atoms with Crippen LogP contribution < -0.4 is 5.32 Å². The van der Waals surface area contributed by atoms with Gasteiger partial charge in [-0.1, -0.05) is 6.92 Å². The zero-order valence-corrected chi connectivity index (χ0v) is 10.8. The Bertz CT molecular complexity index is 361. The Labute approximate surface area is 97.5 Å². The maximum Gasteiger partial charge on any atom is 0.0532 e. The van der Waals surface area contributed by atoms with Crippen LogP contribution in [0.3, 0.4) is 0 Å². The molecule has 3 atom stereocenters. The van der Waals surface area contributed by atoms with E-state index in [4.69, 9.17) is 0 Å². The third-order valence-corrected chi connectivity index (χ3v) is 5.88. The summed E-state index contributed by atoms with van der Waals surface area (Å²) in [7, 11) is -0.664. The molecule has 2 rings (SSSR count). The smallest absolute Gasteiger partial charge is 0.0532 e. The van der Waals surface area contributed by atoms with Crippen LogP contribution >= 0.6 is 11.3 Å². The Morgan fingerprint density at radius 1 is 1.60 bits per heavy atom. The second kappa shape index (κ2) is 4.76. The van der Waals surface area contributed by atoms with Crippen LogP contribution in [0, 0.1) is 0 Å². The maximum atomic E-state index is 11.7. The van der Waals surface area contributed by atoms with Gasteiger partial charge in [-0.2, -0.15) is 0 Å². The van der Waals surface area contributed by atoms with Gasteiger partial charge in [0.05, 0.1) is 6.04 Å². The highest BCUT2D eigenvalue weighted by Gasteiger charge is 2.25. The lowest BCUT2D eigenvalue weighted by Gasteiger charge is -2.26. The molecule has 1 saturated heterocycles. The summed E-state index contributed by atoms with van der Waals surface area (Å²) in [4.78, 5) is 2.75. The second-order valence-electron chi connectivity index (χ2n) is 3.98. The average molecular weight is 243 g/mol. The van der Waals surface area contributed by atoms with Crippen LogP contribution in [0.1, 0.15) is 29.6 Å². The van der Waals surface area contributed by atoms with E-state index >= 15 is 0 Å². The van der Waals surface area contributed by atoms with Gasteiger partial charge in [0.1, 0.15) is 0 Å². The summed E-state index contributed by atoms with van der Waals surface area (Å²) in [5.41, 5.74) is 0. The predicted molar refractivity (Wildman–Crippen MR) is 66.9 cm³/mol. The van der Waals surface area contributed by atoms with Gasteiger partial charge >= 0.3 is 0 Å². The molecule has 0 radical (unpaired) electrons. The van der Waals surface area contributed by atoms with Gasteiger partial charge in [0, 0.05) is 38.1 Å². The molecule has 15 heavy (non-hydrogen) atoms. The number of hydrogen-bond donors (Lipinski definition) is 1. The first-order valence-corrected chi connectivity index (χ1v) is 7.59. The van der Waals surface area contributed by atoms with E-state index in [0.717, 1.165) is 18.7 Å². The maximum absolute atomic E-state index is 11.7. The Morgan fingerprint density at radius 2 is 2.40 bits per heavy atom. The monoisotopic (exact) mass is 243 g/mol. The van der Waals surface area contributed by atoms with E-state index in [0.29, 0.717) is 11.3 Å². The van der Waals surface area contributed by atoms with Gasteiger partial charge in [-0.3, -0.25) is 4.21 Å². The zero-order valence-electron chi connectivity index (χ0n) is 9.16. The van der Waals surface area contributed by atoms with Crippen LogP contribution in [0.2, 0.25) is 0 Å². The standard InChI is InChI=1S/C11H17NOS2/c1-3-9-4-5-11(14-9)10-7-15(13)8(2)6-12-10/h4-5,8,10,12H,3,6-7H2,1-2H3. The predicted octanol–water partition coefficient (Wildman–Crippen LogP) is 2.09. The molecule has 2 heterocycles.